The van der Waals surface area contributed by atoms with Gasteiger partial charge in [0, 0.05) is 0 Å². The lowest BCUT2D eigenvalue weighted by molar-refractivity contribution is 0.397. The van der Waals surface area contributed by atoms with E-state index in [0.717, 1.165) is 11.7 Å². The molecule has 2 heteroatoms. The first-order valence-electron chi connectivity index (χ1n) is 2.72. The van der Waals surface area contributed by atoms with Gasteiger partial charge in [-0.3, -0.25) is 0 Å². The molecule has 1 aliphatic heterocycles. The normalized spacial score (nSPS) is 14.7. The van der Waals surface area contributed by atoms with E-state index in [1.165, 1.54) is 4.90 Å². The lowest BCUT2D eigenvalue weighted by atomic mass is 10.3. The average Bonchev–Trinajstić information content (AvgIpc) is 2.33. The maximum Gasteiger partial charge on any atom is 0.138 e. The highest BCUT2D eigenvalue weighted by Crippen LogP contribution is 2.34. The fourth-order valence-electron chi connectivity index (χ4n) is 0.789. The molecule has 0 saturated carbocycles. The second-order valence-electron chi connectivity index (χ2n) is 1.78. The predicted molar refractivity (Wildman–Crippen MR) is 36.6 cm³/mol. The van der Waals surface area contributed by atoms with Crippen LogP contribution in [0.2, 0.25) is 0 Å². The number of rotatable bonds is 0. The van der Waals surface area contributed by atoms with Crippen molar-refractivity contribution in [1.29, 1.82) is 0 Å². The van der Waals surface area contributed by atoms with E-state index in [-0.39, 0.29) is 0 Å². The monoisotopic (exact) mass is 137 g/mol. The zero-order valence-corrected chi connectivity index (χ0v) is 5.57. The summed E-state index contributed by atoms with van der Waals surface area (Å²) in [5.41, 5.74) is 0. The third-order valence-corrected chi connectivity index (χ3v) is 2.08. The molecule has 0 N–H and O–H groups in total. The molecule has 0 saturated heterocycles. The second kappa shape index (κ2) is 1.95. The molecule has 0 amide bonds. The minimum Gasteiger partial charge on any atom is -0.481 e. The number of hydrogen-bond donors (Lipinski definition) is 0. The number of benzene rings is 1. The van der Waals surface area contributed by atoms with Crippen LogP contribution in [-0.2, 0) is 0 Å². The summed E-state index contributed by atoms with van der Waals surface area (Å²) in [6.45, 7) is 0. The Labute approximate surface area is 58.0 Å². The van der Waals surface area contributed by atoms with Crippen LogP contribution in [-0.4, -0.2) is 5.94 Å². The molecule has 0 fully saturated rings. The van der Waals surface area contributed by atoms with Crippen molar-refractivity contribution in [3.8, 4) is 5.75 Å². The lowest BCUT2D eigenvalue weighted by Gasteiger charge is -1.91. The topological polar surface area (TPSA) is 9.23 Å². The maximum atomic E-state index is 5.24. The molecule has 1 aromatic carbocycles. The van der Waals surface area contributed by atoms with Crippen molar-refractivity contribution >= 4 is 11.8 Å². The molecule has 0 atom stereocenters. The van der Waals surface area contributed by atoms with Gasteiger partial charge in [-0.1, -0.05) is 17.8 Å². The van der Waals surface area contributed by atoms with Crippen LogP contribution in [0.5, 0.6) is 5.75 Å². The van der Waals surface area contributed by atoms with Crippen molar-refractivity contribution in [2.75, 3.05) is 5.94 Å². The average molecular weight is 137 g/mol. The molecule has 0 spiro atoms. The Bertz CT molecular complexity index is 199. The van der Waals surface area contributed by atoms with Crippen LogP contribution < -0.4 is 4.74 Å². The second-order valence-corrected chi connectivity index (χ2v) is 2.74. The molecule has 1 nitrogen and oxygen atoms in total. The number of ether oxygens (including phenoxy) is 1. The standard InChI is InChI=1S/C7H5OS/c1-2-4-7-6(3-1)8-5-9-7/h1,3-4H,5H2. The summed E-state index contributed by atoms with van der Waals surface area (Å²) < 4.78 is 5.24. The largest absolute Gasteiger partial charge is 0.481 e. The maximum absolute atomic E-state index is 5.24. The SMILES string of the molecule is [c]1ccc2c(c1)SCO2. The molecule has 0 aliphatic carbocycles. The quantitative estimate of drug-likeness (QED) is 0.540. The minimum atomic E-state index is 0.757. The number of fused-ring (bicyclic) bond motifs is 1. The highest BCUT2D eigenvalue weighted by molar-refractivity contribution is 7.99. The first-order valence-corrected chi connectivity index (χ1v) is 3.71. The third kappa shape index (κ3) is 0.793. The molecule has 1 heterocycles. The summed E-state index contributed by atoms with van der Waals surface area (Å²) in [4.78, 5) is 1.21. The molecule has 1 aliphatic rings. The Kier molecular flexibility index (Phi) is 1.12. The minimum absolute atomic E-state index is 0.757. The van der Waals surface area contributed by atoms with Gasteiger partial charge in [-0.25, -0.2) is 0 Å². The van der Waals surface area contributed by atoms with Crippen LogP contribution in [0, 0.1) is 6.07 Å². The summed E-state index contributed by atoms with van der Waals surface area (Å²) >= 11 is 1.71. The Morgan fingerprint density at radius 2 is 2.67 bits per heavy atom. The molecule has 45 valence electrons. The fourth-order valence-corrected chi connectivity index (χ4v) is 1.52. The zero-order valence-electron chi connectivity index (χ0n) is 4.76. The van der Waals surface area contributed by atoms with Crippen molar-refractivity contribution in [3.63, 3.8) is 0 Å². The molecule has 2 rings (SSSR count). The first-order chi connectivity index (χ1) is 4.47. The lowest BCUT2D eigenvalue weighted by Crippen LogP contribution is -1.80. The summed E-state index contributed by atoms with van der Waals surface area (Å²) in [5, 5.41) is 0. The smallest absolute Gasteiger partial charge is 0.138 e. The summed E-state index contributed by atoms with van der Waals surface area (Å²) in [5.74, 6) is 1.76. The van der Waals surface area contributed by atoms with Gasteiger partial charge in [0.25, 0.3) is 0 Å². The van der Waals surface area contributed by atoms with Gasteiger partial charge in [0.15, 0.2) is 0 Å². The summed E-state index contributed by atoms with van der Waals surface area (Å²) in [6, 6.07) is 8.75. The predicted octanol–water partition coefficient (Wildman–Crippen LogP) is 1.93. The van der Waals surface area contributed by atoms with Crippen molar-refractivity contribution < 1.29 is 4.74 Å². The van der Waals surface area contributed by atoms with Crippen molar-refractivity contribution in [2.24, 2.45) is 0 Å². The van der Waals surface area contributed by atoms with Crippen molar-refractivity contribution in [3.05, 3.63) is 24.3 Å². The van der Waals surface area contributed by atoms with E-state index in [0.29, 0.717) is 0 Å². The van der Waals surface area contributed by atoms with Crippen LogP contribution in [0.25, 0.3) is 0 Å². The van der Waals surface area contributed by atoms with Crippen LogP contribution in [0.15, 0.2) is 23.1 Å². The molecule has 1 radical (unpaired) electrons. The molecule has 1 aromatic rings. The summed E-state index contributed by atoms with van der Waals surface area (Å²) in [6.07, 6.45) is 0. The Morgan fingerprint density at radius 3 is 3.56 bits per heavy atom. The van der Waals surface area contributed by atoms with Gasteiger partial charge in [0.05, 0.1) is 4.90 Å². The van der Waals surface area contributed by atoms with Gasteiger partial charge in [0.1, 0.15) is 11.7 Å². The molecular formula is C7H5OS. The van der Waals surface area contributed by atoms with Crippen LogP contribution >= 0.6 is 11.8 Å². The number of thioether (sulfide) groups is 1. The van der Waals surface area contributed by atoms with E-state index in [4.69, 9.17) is 4.74 Å². The molecule has 9 heavy (non-hydrogen) atoms. The highest BCUT2D eigenvalue weighted by Gasteiger charge is 2.09. The zero-order chi connectivity index (χ0) is 6.10. The van der Waals surface area contributed by atoms with Crippen molar-refractivity contribution in [1.82, 2.24) is 0 Å². The van der Waals surface area contributed by atoms with Gasteiger partial charge in [0.2, 0.25) is 0 Å². The fraction of sp³-hybridized carbons (Fsp3) is 0.143. The Morgan fingerprint density at radius 1 is 1.67 bits per heavy atom. The van der Waals surface area contributed by atoms with Crippen LogP contribution in [0.4, 0.5) is 0 Å². The van der Waals surface area contributed by atoms with E-state index in [1.54, 1.807) is 11.8 Å². The molecule has 0 unspecified atom stereocenters. The molecular weight excluding hydrogens is 132 g/mol. The van der Waals surface area contributed by atoms with E-state index < -0.39 is 0 Å². The van der Waals surface area contributed by atoms with E-state index in [2.05, 4.69) is 6.07 Å². The van der Waals surface area contributed by atoms with Gasteiger partial charge < -0.3 is 4.74 Å². The Hall–Kier alpha value is -0.630. The summed E-state index contributed by atoms with van der Waals surface area (Å²) in [7, 11) is 0. The third-order valence-electron chi connectivity index (χ3n) is 1.22. The van der Waals surface area contributed by atoms with E-state index >= 15 is 0 Å². The van der Waals surface area contributed by atoms with Crippen molar-refractivity contribution in [2.45, 2.75) is 4.90 Å². The van der Waals surface area contributed by atoms with E-state index in [1.807, 2.05) is 18.2 Å². The Balaban J connectivity index is 2.54. The van der Waals surface area contributed by atoms with Crippen LogP contribution in [0.1, 0.15) is 0 Å². The van der Waals surface area contributed by atoms with Gasteiger partial charge in [-0.05, 0) is 18.2 Å². The van der Waals surface area contributed by atoms with Gasteiger partial charge in [-0.2, -0.15) is 0 Å². The van der Waals surface area contributed by atoms with Gasteiger partial charge >= 0.3 is 0 Å². The van der Waals surface area contributed by atoms with Crippen LogP contribution in [0.3, 0.4) is 0 Å². The first kappa shape index (κ1) is 5.18. The highest BCUT2D eigenvalue weighted by atomic mass is 32.2. The molecule has 0 aromatic heterocycles. The van der Waals surface area contributed by atoms with E-state index in [9.17, 15) is 0 Å². The number of hydrogen-bond acceptors (Lipinski definition) is 2. The molecule has 0 bridgehead atoms. The van der Waals surface area contributed by atoms with Gasteiger partial charge in [-0.15, -0.1) is 0 Å².